The fourth-order valence-electron chi connectivity index (χ4n) is 1.63. The molecule has 1 heterocycles. The lowest BCUT2D eigenvalue weighted by atomic mass is 10.1. The number of halogens is 1. The van der Waals surface area contributed by atoms with Gasteiger partial charge in [-0.1, -0.05) is 24.3 Å². The first-order valence-corrected chi connectivity index (χ1v) is 5.61. The van der Waals surface area contributed by atoms with Crippen molar-refractivity contribution in [2.45, 2.75) is 13.5 Å². The van der Waals surface area contributed by atoms with Crippen molar-refractivity contribution in [2.75, 3.05) is 0 Å². The number of carbonyl (C=O) groups is 1. The van der Waals surface area contributed by atoms with Gasteiger partial charge in [0.2, 0.25) is 5.95 Å². The third kappa shape index (κ3) is 2.91. The van der Waals surface area contributed by atoms with Gasteiger partial charge in [-0.05, 0) is 24.1 Å². The van der Waals surface area contributed by atoms with E-state index in [0.717, 1.165) is 17.2 Å². The van der Waals surface area contributed by atoms with Crippen molar-refractivity contribution < 1.29 is 9.18 Å². The summed E-state index contributed by atoms with van der Waals surface area (Å²) in [6.45, 7) is 2.41. The maximum Gasteiger partial charge on any atom is 0.251 e. The number of aryl methyl sites for hydroxylation is 1. The summed E-state index contributed by atoms with van der Waals surface area (Å²) in [5, 5.41) is 2.75. The van der Waals surface area contributed by atoms with Crippen LogP contribution in [0.1, 0.15) is 21.5 Å². The molecule has 0 unspecified atom stereocenters. The van der Waals surface area contributed by atoms with Crippen molar-refractivity contribution in [3.05, 3.63) is 65.2 Å². The number of rotatable bonds is 3. The van der Waals surface area contributed by atoms with Gasteiger partial charge < -0.3 is 5.32 Å². The maximum atomic E-state index is 12.9. The smallest absolute Gasteiger partial charge is 0.251 e. The van der Waals surface area contributed by atoms with Gasteiger partial charge in [-0.2, -0.15) is 4.39 Å². The summed E-state index contributed by atoms with van der Waals surface area (Å²) in [7, 11) is 0. The molecule has 0 saturated heterocycles. The van der Waals surface area contributed by atoms with E-state index in [4.69, 9.17) is 0 Å². The van der Waals surface area contributed by atoms with Crippen LogP contribution in [0.25, 0.3) is 0 Å². The van der Waals surface area contributed by atoms with Crippen LogP contribution < -0.4 is 5.32 Å². The molecule has 1 N–H and O–H groups in total. The molecule has 2 aromatic rings. The van der Waals surface area contributed by atoms with Crippen LogP contribution in [0.5, 0.6) is 0 Å². The van der Waals surface area contributed by atoms with Crippen LogP contribution >= 0.6 is 0 Å². The van der Waals surface area contributed by atoms with Gasteiger partial charge in [0.1, 0.15) is 0 Å². The zero-order chi connectivity index (χ0) is 13.0. The second kappa shape index (κ2) is 5.40. The van der Waals surface area contributed by atoms with E-state index >= 15 is 0 Å². The zero-order valence-electron chi connectivity index (χ0n) is 9.98. The molecule has 0 spiro atoms. The van der Waals surface area contributed by atoms with E-state index in [1.54, 1.807) is 0 Å². The van der Waals surface area contributed by atoms with Gasteiger partial charge in [-0.25, -0.2) is 4.98 Å². The number of amides is 1. The molecule has 18 heavy (non-hydrogen) atoms. The topological polar surface area (TPSA) is 42.0 Å². The molecule has 92 valence electrons. The quantitative estimate of drug-likeness (QED) is 0.843. The SMILES string of the molecule is Cc1ccccc1CNC(=O)c1ccnc(F)c1. The van der Waals surface area contributed by atoms with E-state index in [1.165, 1.54) is 12.3 Å². The van der Waals surface area contributed by atoms with Crippen LogP contribution in [0.4, 0.5) is 4.39 Å². The summed E-state index contributed by atoms with van der Waals surface area (Å²) in [4.78, 5) is 15.2. The summed E-state index contributed by atoms with van der Waals surface area (Å²) in [5.41, 5.74) is 2.43. The Labute approximate surface area is 105 Å². The van der Waals surface area contributed by atoms with Crippen LogP contribution in [0.15, 0.2) is 42.6 Å². The Hall–Kier alpha value is -2.23. The summed E-state index contributed by atoms with van der Waals surface area (Å²) in [6, 6.07) is 10.4. The van der Waals surface area contributed by atoms with Gasteiger partial charge in [0.05, 0.1) is 0 Å². The van der Waals surface area contributed by atoms with E-state index in [1.807, 2.05) is 31.2 Å². The van der Waals surface area contributed by atoms with E-state index < -0.39 is 5.95 Å². The first kappa shape index (κ1) is 12.2. The van der Waals surface area contributed by atoms with E-state index in [0.29, 0.717) is 6.54 Å². The third-order valence-electron chi connectivity index (χ3n) is 2.69. The molecule has 3 nitrogen and oxygen atoms in total. The standard InChI is InChI=1S/C14H13FN2O/c1-10-4-2-3-5-12(10)9-17-14(18)11-6-7-16-13(15)8-11/h2-8H,9H2,1H3,(H,17,18). The molecule has 1 aromatic carbocycles. The second-order valence-corrected chi connectivity index (χ2v) is 3.98. The Morgan fingerprint density at radius 3 is 2.83 bits per heavy atom. The minimum atomic E-state index is -0.654. The number of carbonyl (C=O) groups excluding carboxylic acids is 1. The molecule has 1 amide bonds. The van der Waals surface area contributed by atoms with E-state index in [-0.39, 0.29) is 11.5 Å². The summed E-state index contributed by atoms with van der Waals surface area (Å²) in [5.74, 6) is -0.960. The van der Waals surface area contributed by atoms with E-state index in [2.05, 4.69) is 10.3 Å². The first-order valence-electron chi connectivity index (χ1n) is 5.61. The monoisotopic (exact) mass is 244 g/mol. The number of hydrogen-bond acceptors (Lipinski definition) is 2. The lowest BCUT2D eigenvalue weighted by Crippen LogP contribution is -2.23. The van der Waals surface area contributed by atoms with Crippen molar-refractivity contribution >= 4 is 5.91 Å². The van der Waals surface area contributed by atoms with Gasteiger partial charge in [-0.15, -0.1) is 0 Å². The Balaban J connectivity index is 2.03. The Kier molecular flexibility index (Phi) is 3.67. The van der Waals surface area contributed by atoms with Crippen molar-refractivity contribution in [1.29, 1.82) is 0 Å². The lowest BCUT2D eigenvalue weighted by Gasteiger charge is -2.07. The lowest BCUT2D eigenvalue weighted by molar-refractivity contribution is 0.0950. The highest BCUT2D eigenvalue weighted by molar-refractivity contribution is 5.93. The molecule has 0 aliphatic carbocycles. The van der Waals surface area contributed by atoms with Crippen LogP contribution in [0.3, 0.4) is 0 Å². The summed E-state index contributed by atoms with van der Waals surface area (Å²) < 4.78 is 12.9. The third-order valence-corrected chi connectivity index (χ3v) is 2.69. The molecule has 0 saturated carbocycles. The number of aromatic nitrogens is 1. The number of nitrogens with one attached hydrogen (secondary N) is 1. The van der Waals surface area contributed by atoms with Crippen LogP contribution in [0, 0.1) is 12.9 Å². The van der Waals surface area contributed by atoms with Gasteiger partial charge in [0.15, 0.2) is 0 Å². The normalized spacial score (nSPS) is 10.1. The minimum Gasteiger partial charge on any atom is -0.348 e. The molecule has 2 rings (SSSR count). The minimum absolute atomic E-state index is 0.274. The van der Waals surface area contributed by atoms with Crippen LogP contribution in [0.2, 0.25) is 0 Å². The Morgan fingerprint density at radius 2 is 2.11 bits per heavy atom. The number of nitrogens with zero attached hydrogens (tertiary/aromatic N) is 1. The van der Waals surface area contributed by atoms with Gasteiger partial charge in [-0.3, -0.25) is 4.79 Å². The highest BCUT2D eigenvalue weighted by atomic mass is 19.1. The van der Waals surface area contributed by atoms with Crippen molar-refractivity contribution in [3.63, 3.8) is 0 Å². The van der Waals surface area contributed by atoms with Crippen LogP contribution in [-0.2, 0) is 6.54 Å². The Morgan fingerprint density at radius 1 is 1.33 bits per heavy atom. The van der Waals surface area contributed by atoms with Crippen molar-refractivity contribution in [3.8, 4) is 0 Å². The molecule has 4 heteroatoms. The highest BCUT2D eigenvalue weighted by Crippen LogP contribution is 2.07. The maximum absolute atomic E-state index is 12.9. The molecule has 0 aliphatic heterocycles. The molecular weight excluding hydrogens is 231 g/mol. The molecule has 0 bridgehead atoms. The number of benzene rings is 1. The van der Waals surface area contributed by atoms with Crippen LogP contribution in [-0.4, -0.2) is 10.9 Å². The fourth-order valence-corrected chi connectivity index (χ4v) is 1.63. The van der Waals surface area contributed by atoms with Gasteiger partial charge >= 0.3 is 0 Å². The average Bonchev–Trinajstić information content (AvgIpc) is 2.37. The predicted molar refractivity (Wildman–Crippen MR) is 66.5 cm³/mol. The predicted octanol–water partition coefficient (Wildman–Crippen LogP) is 2.46. The number of hydrogen-bond donors (Lipinski definition) is 1. The van der Waals surface area contributed by atoms with Gasteiger partial charge in [0, 0.05) is 24.4 Å². The van der Waals surface area contributed by atoms with Crippen molar-refractivity contribution in [2.24, 2.45) is 0 Å². The first-order chi connectivity index (χ1) is 8.66. The molecular formula is C14H13FN2O. The molecule has 0 atom stereocenters. The van der Waals surface area contributed by atoms with Gasteiger partial charge in [0.25, 0.3) is 5.91 Å². The average molecular weight is 244 g/mol. The molecule has 0 aliphatic rings. The highest BCUT2D eigenvalue weighted by Gasteiger charge is 2.07. The van der Waals surface area contributed by atoms with E-state index in [9.17, 15) is 9.18 Å². The molecule has 0 fully saturated rings. The number of pyridine rings is 1. The summed E-state index contributed by atoms with van der Waals surface area (Å²) in [6.07, 6.45) is 1.28. The summed E-state index contributed by atoms with van der Waals surface area (Å²) >= 11 is 0. The fraction of sp³-hybridized carbons (Fsp3) is 0.143. The molecule has 1 aromatic heterocycles. The second-order valence-electron chi connectivity index (χ2n) is 3.98. The Bertz CT molecular complexity index is 569. The largest absolute Gasteiger partial charge is 0.348 e. The zero-order valence-corrected chi connectivity index (χ0v) is 9.98. The molecule has 0 radical (unpaired) electrons. The van der Waals surface area contributed by atoms with Crippen molar-refractivity contribution in [1.82, 2.24) is 10.3 Å².